The highest BCUT2D eigenvalue weighted by Gasteiger charge is 2.12. The third-order valence-corrected chi connectivity index (χ3v) is 2.47. The third kappa shape index (κ3) is 7.73. The minimum Gasteiger partial charge on any atom is -0.396 e. The molecule has 92 valence electrons. The molecule has 0 amide bonds. The second kappa shape index (κ2) is 10.4. The van der Waals surface area contributed by atoms with Crippen LogP contribution < -0.4 is 0 Å². The van der Waals surface area contributed by atoms with Crippen LogP contribution in [0.15, 0.2) is 0 Å². The number of aliphatic hydroxyl groups is 1. The summed E-state index contributed by atoms with van der Waals surface area (Å²) in [4.78, 5) is 2.34. The Hall–Kier alpha value is -0.160. The van der Waals surface area contributed by atoms with Gasteiger partial charge in [0.15, 0.2) is 0 Å². The van der Waals surface area contributed by atoms with Crippen LogP contribution in [0.2, 0.25) is 0 Å². The molecule has 0 saturated heterocycles. The highest BCUT2D eigenvalue weighted by molar-refractivity contribution is 4.66. The molecule has 0 bridgehead atoms. The second-order valence-corrected chi connectivity index (χ2v) is 3.76. The van der Waals surface area contributed by atoms with E-state index in [9.17, 15) is 0 Å². The van der Waals surface area contributed by atoms with Gasteiger partial charge in [0.1, 0.15) is 0 Å². The van der Waals surface area contributed by atoms with Gasteiger partial charge in [-0.3, -0.25) is 4.90 Å². The standard InChI is InChI=1S/C11H25NO3/c1-11(10-15-3)12(7-9-14-2)6-4-5-8-13/h11,13H,4-10H2,1-3H3. The van der Waals surface area contributed by atoms with Crippen molar-refractivity contribution in [2.24, 2.45) is 0 Å². The number of ether oxygens (including phenoxy) is 2. The van der Waals surface area contributed by atoms with Crippen molar-refractivity contribution in [2.45, 2.75) is 25.8 Å². The average molecular weight is 219 g/mol. The smallest absolute Gasteiger partial charge is 0.0615 e. The Labute approximate surface area is 93.2 Å². The molecule has 0 radical (unpaired) electrons. The molecule has 0 rings (SSSR count). The zero-order chi connectivity index (χ0) is 11.5. The molecule has 0 aromatic rings. The van der Waals surface area contributed by atoms with Crippen LogP contribution in [-0.4, -0.2) is 63.2 Å². The zero-order valence-electron chi connectivity index (χ0n) is 10.2. The molecule has 1 unspecified atom stereocenters. The van der Waals surface area contributed by atoms with E-state index in [0.717, 1.165) is 39.1 Å². The number of aliphatic hydroxyl groups excluding tert-OH is 1. The summed E-state index contributed by atoms with van der Waals surface area (Å²) >= 11 is 0. The van der Waals surface area contributed by atoms with E-state index in [4.69, 9.17) is 14.6 Å². The van der Waals surface area contributed by atoms with Crippen LogP contribution in [-0.2, 0) is 9.47 Å². The molecule has 4 nitrogen and oxygen atoms in total. The van der Waals surface area contributed by atoms with E-state index in [2.05, 4.69) is 11.8 Å². The monoisotopic (exact) mass is 219 g/mol. The van der Waals surface area contributed by atoms with E-state index in [1.54, 1.807) is 14.2 Å². The van der Waals surface area contributed by atoms with Gasteiger partial charge >= 0.3 is 0 Å². The van der Waals surface area contributed by atoms with Crippen LogP contribution in [0, 0.1) is 0 Å². The number of methoxy groups -OCH3 is 2. The van der Waals surface area contributed by atoms with Crippen molar-refractivity contribution in [3.05, 3.63) is 0 Å². The maximum atomic E-state index is 8.73. The molecule has 0 aliphatic carbocycles. The van der Waals surface area contributed by atoms with Crippen molar-refractivity contribution in [1.29, 1.82) is 0 Å². The van der Waals surface area contributed by atoms with E-state index in [1.807, 2.05) is 0 Å². The molecule has 15 heavy (non-hydrogen) atoms. The first kappa shape index (κ1) is 14.8. The molecule has 0 saturated carbocycles. The molecule has 0 spiro atoms. The quantitative estimate of drug-likeness (QED) is 0.550. The Bertz CT molecular complexity index is 133. The topological polar surface area (TPSA) is 41.9 Å². The Morgan fingerprint density at radius 2 is 1.87 bits per heavy atom. The predicted molar refractivity (Wildman–Crippen MR) is 61.1 cm³/mol. The fourth-order valence-electron chi connectivity index (χ4n) is 1.53. The van der Waals surface area contributed by atoms with Crippen LogP contribution in [0.4, 0.5) is 0 Å². The normalized spacial score (nSPS) is 13.4. The summed E-state index contributed by atoms with van der Waals surface area (Å²) in [7, 11) is 3.44. The van der Waals surface area contributed by atoms with Gasteiger partial charge in [-0.2, -0.15) is 0 Å². The summed E-state index contributed by atoms with van der Waals surface area (Å²) in [6.45, 7) is 5.83. The maximum absolute atomic E-state index is 8.73. The molecular formula is C11H25NO3. The summed E-state index contributed by atoms with van der Waals surface area (Å²) < 4.78 is 10.2. The van der Waals surface area contributed by atoms with Crippen LogP contribution in [0.1, 0.15) is 19.8 Å². The molecule has 1 atom stereocenters. The predicted octanol–water partition coefficient (Wildman–Crippen LogP) is 0.742. The lowest BCUT2D eigenvalue weighted by Crippen LogP contribution is -2.39. The van der Waals surface area contributed by atoms with Crippen LogP contribution in [0.5, 0.6) is 0 Å². The minimum atomic E-state index is 0.275. The van der Waals surface area contributed by atoms with Gasteiger partial charge in [0, 0.05) is 33.4 Å². The summed E-state index contributed by atoms with van der Waals surface area (Å²) in [6.07, 6.45) is 1.89. The van der Waals surface area contributed by atoms with Gasteiger partial charge in [-0.25, -0.2) is 0 Å². The molecule has 0 aromatic heterocycles. The molecule has 0 aliphatic rings. The zero-order valence-corrected chi connectivity index (χ0v) is 10.2. The average Bonchev–Trinajstić information content (AvgIpc) is 2.23. The molecule has 0 aliphatic heterocycles. The Kier molecular flexibility index (Phi) is 10.3. The molecule has 1 N–H and O–H groups in total. The highest BCUT2D eigenvalue weighted by atomic mass is 16.5. The summed E-state index contributed by atoms with van der Waals surface area (Å²) in [5, 5.41) is 8.73. The van der Waals surface area contributed by atoms with Gasteiger partial charge in [0.2, 0.25) is 0 Å². The minimum absolute atomic E-state index is 0.275. The van der Waals surface area contributed by atoms with Crippen molar-refractivity contribution < 1.29 is 14.6 Å². The Balaban J connectivity index is 3.81. The number of hydrogen-bond donors (Lipinski definition) is 1. The van der Waals surface area contributed by atoms with E-state index < -0.39 is 0 Å². The van der Waals surface area contributed by atoms with E-state index in [0.29, 0.717) is 6.04 Å². The van der Waals surface area contributed by atoms with Crippen molar-refractivity contribution in [2.75, 3.05) is 47.1 Å². The van der Waals surface area contributed by atoms with Gasteiger partial charge in [-0.15, -0.1) is 0 Å². The molecule has 0 aromatic carbocycles. The largest absolute Gasteiger partial charge is 0.396 e. The fourth-order valence-corrected chi connectivity index (χ4v) is 1.53. The van der Waals surface area contributed by atoms with Crippen LogP contribution in [0.25, 0.3) is 0 Å². The first-order chi connectivity index (χ1) is 7.26. The van der Waals surface area contributed by atoms with Gasteiger partial charge in [0.25, 0.3) is 0 Å². The van der Waals surface area contributed by atoms with Crippen molar-refractivity contribution in [3.63, 3.8) is 0 Å². The van der Waals surface area contributed by atoms with E-state index in [1.165, 1.54) is 0 Å². The SMILES string of the molecule is COCCN(CCCCO)C(C)COC. The van der Waals surface area contributed by atoms with E-state index >= 15 is 0 Å². The highest BCUT2D eigenvalue weighted by Crippen LogP contribution is 2.02. The lowest BCUT2D eigenvalue weighted by Gasteiger charge is -2.28. The number of hydrogen-bond acceptors (Lipinski definition) is 4. The Morgan fingerprint density at radius 1 is 1.13 bits per heavy atom. The van der Waals surface area contributed by atoms with Crippen molar-refractivity contribution in [3.8, 4) is 0 Å². The van der Waals surface area contributed by atoms with Crippen molar-refractivity contribution >= 4 is 0 Å². The van der Waals surface area contributed by atoms with Crippen LogP contribution in [0.3, 0.4) is 0 Å². The lowest BCUT2D eigenvalue weighted by atomic mass is 10.2. The third-order valence-electron chi connectivity index (χ3n) is 2.47. The van der Waals surface area contributed by atoms with Crippen LogP contribution >= 0.6 is 0 Å². The lowest BCUT2D eigenvalue weighted by molar-refractivity contribution is 0.0731. The molecule has 0 heterocycles. The summed E-state index contributed by atoms with van der Waals surface area (Å²) in [5.74, 6) is 0. The van der Waals surface area contributed by atoms with E-state index in [-0.39, 0.29) is 6.61 Å². The maximum Gasteiger partial charge on any atom is 0.0615 e. The summed E-state index contributed by atoms with van der Waals surface area (Å²) in [5.41, 5.74) is 0. The van der Waals surface area contributed by atoms with Gasteiger partial charge < -0.3 is 14.6 Å². The van der Waals surface area contributed by atoms with Gasteiger partial charge in [-0.1, -0.05) is 0 Å². The first-order valence-electron chi connectivity index (χ1n) is 5.59. The van der Waals surface area contributed by atoms with Gasteiger partial charge in [0.05, 0.1) is 13.2 Å². The first-order valence-corrected chi connectivity index (χ1v) is 5.59. The fraction of sp³-hybridized carbons (Fsp3) is 1.00. The number of unbranched alkanes of at least 4 members (excludes halogenated alkanes) is 1. The molecule has 0 fully saturated rings. The molecular weight excluding hydrogens is 194 g/mol. The summed E-state index contributed by atoms with van der Waals surface area (Å²) in [6, 6.07) is 0.406. The Morgan fingerprint density at radius 3 is 2.40 bits per heavy atom. The number of nitrogens with zero attached hydrogens (tertiary/aromatic N) is 1. The van der Waals surface area contributed by atoms with Crippen molar-refractivity contribution in [1.82, 2.24) is 4.90 Å². The molecule has 4 heteroatoms. The second-order valence-electron chi connectivity index (χ2n) is 3.76. The number of rotatable bonds is 10. The van der Waals surface area contributed by atoms with Gasteiger partial charge in [-0.05, 0) is 26.3 Å².